The molecule has 2 N–H and O–H groups in total. The van der Waals surface area contributed by atoms with Crippen LogP contribution in [0, 0.1) is 17.8 Å². The summed E-state index contributed by atoms with van der Waals surface area (Å²) in [5.41, 5.74) is 6.26. The monoisotopic (exact) mass is 184 g/mol. The van der Waals surface area contributed by atoms with Crippen molar-refractivity contribution >= 4 is 0 Å². The fraction of sp³-hybridized carbons (Fsp3) is 1.00. The van der Waals surface area contributed by atoms with Gasteiger partial charge in [-0.3, -0.25) is 0 Å². The van der Waals surface area contributed by atoms with Gasteiger partial charge in [-0.15, -0.1) is 0 Å². The zero-order valence-electron chi connectivity index (χ0n) is 9.46. The molecule has 1 fully saturated rings. The zero-order valence-corrected chi connectivity index (χ0v) is 9.46. The molecule has 1 heterocycles. The molecule has 3 atom stereocenters. The van der Waals surface area contributed by atoms with Gasteiger partial charge in [0.2, 0.25) is 0 Å². The molecule has 2 nitrogen and oxygen atoms in total. The van der Waals surface area contributed by atoms with Gasteiger partial charge in [0.25, 0.3) is 0 Å². The first kappa shape index (κ1) is 11.0. The van der Waals surface area contributed by atoms with Crippen molar-refractivity contribution in [3.05, 3.63) is 0 Å². The summed E-state index contributed by atoms with van der Waals surface area (Å²) in [6.45, 7) is 9.24. The molecule has 78 valence electrons. The van der Waals surface area contributed by atoms with Gasteiger partial charge in [-0.25, -0.2) is 0 Å². The van der Waals surface area contributed by atoms with Crippen molar-refractivity contribution in [1.82, 2.24) is 4.90 Å². The Hall–Kier alpha value is -0.0800. The Morgan fingerprint density at radius 3 is 2.31 bits per heavy atom. The largest absolute Gasteiger partial charge is 0.327 e. The molecule has 1 aliphatic rings. The number of rotatable bonds is 3. The van der Waals surface area contributed by atoms with E-state index in [9.17, 15) is 0 Å². The van der Waals surface area contributed by atoms with Crippen molar-refractivity contribution in [2.75, 3.05) is 20.1 Å². The summed E-state index contributed by atoms with van der Waals surface area (Å²) >= 11 is 0. The first-order chi connectivity index (χ1) is 6.02. The van der Waals surface area contributed by atoms with Crippen molar-refractivity contribution in [2.45, 2.75) is 33.2 Å². The van der Waals surface area contributed by atoms with Crippen molar-refractivity contribution in [2.24, 2.45) is 23.5 Å². The summed E-state index contributed by atoms with van der Waals surface area (Å²) in [5, 5.41) is 0. The third-order valence-corrected chi connectivity index (χ3v) is 3.63. The van der Waals surface area contributed by atoms with Crippen molar-refractivity contribution in [3.8, 4) is 0 Å². The molecular weight excluding hydrogens is 160 g/mol. The Morgan fingerprint density at radius 1 is 1.31 bits per heavy atom. The molecule has 3 unspecified atom stereocenters. The van der Waals surface area contributed by atoms with Crippen LogP contribution in [0.2, 0.25) is 0 Å². The molecule has 0 aromatic heterocycles. The molecule has 0 aromatic rings. The predicted octanol–water partition coefficient (Wildman–Crippen LogP) is 1.56. The van der Waals surface area contributed by atoms with Gasteiger partial charge in [0.05, 0.1) is 0 Å². The number of nitrogens with zero attached hydrogens (tertiary/aromatic N) is 1. The van der Waals surface area contributed by atoms with Crippen LogP contribution in [0.4, 0.5) is 0 Å². The number of likely N-dealkylation sites (tertiary alicyclic amines) is 1. The second-order valence-corrected chi connectivity index (χ2v) is 4.99. The topological polar surface area (TPSA) is 29.3 Å². The smallest absolute Gasteiger partial charge is 0.0108 e. The summed E-state index contributed by atoms with van der Waals surface area (Å²) < 4.78 is 0. The maximum absolute atomic E-state index is 6.26. The highest BCUT2D eigenvalue weighted by Crippen LogP contribution is 2.25. The predicted molar refractivity (Wildman–Crippen MR) is 57.6 cm³/mol. The summed E-state index contributed by atoms with van der Waals surface area (Å²) in [6, 6.07) is 0.393. The molecule has 1 rings (SSSR count). The molecule has 0 bridgehead atoms. The zero-order chi connectivity index (χ0) is 10.0. The molecule has 0 radical (unpaired) electrons. The van der Waals surface area contributed by atoms with Gasteiger partial charge in [0, 0.05) is 12.6 Å². The number of hydrogen-bond acceptors (Lipinski definition) is 2. The standard InChI is InChI=1S/C11H24N2/c1-8(2)9(3)11(12)10-5-6-13(4)7-10/h8-11H,5-7,12H2,1-4H3. The van der Waals surface area contributed by atoms with Gasteiger partial charge < -0.3 is 10.6 Å². The summed E-state index contributed by atoms with van der Waals surface area (Å²) in [6.07, 6.45) is 1.29. The van der Waals surface area contributed by atoms with Crippen LogP contribution < -0.4 is 5.73 Å². The normalized spacial score (nSPS) is 29.5. The van der Waals surface area contributed by atoms with Gasteiger partial charge in [0.1, 0.15) is 0 Å². The van der Waals surface area contributed by atoms with E-state index in [1.165, 1.54) is 19.5 Å². The minimum Gasteiger partial charge on any atom is -0.327 e. The second-order valence-electron chi connectivity index (χ2n) is 4.99. The number of nitrogens with two attached hydrogens (primary N) is 1. The van der Waals surface area contributed by atoms with Gasteiger partial charge in [-0.1, -0.05) is 20.8 Å². The molecule has 2 heteroatoms. The van der Waals surface area contributed by atoms with Crippen molar-refractivity contribution < 1.29 is 0 Å². The molecule has 0 aromatic carbocycles. The van der Waals surface area contributed by atoms with Crippen LogP contribution in [0.15, 0.2) is 0 Å². The lowest BCUT2D eigenvalue weighted by atomic mass is 9.83. The maximum atomic E-state index is 6.26. The van der Waals surface area contributed by atoms with E-state index in [2.05, 4.69) is 32.7 Å². The highest BCUT2D eigenvalue weighted by atomic mass is 15.1. The fourth-order valence-electron chi connectivity index (χ4n) is 2.16. The van der Waals surface area contributed by atoms with Crippen molar-refractivity contribution in [1.29, 1.82) is 0 Å². The minimum absolute atomic E-state index is 0.393. The third-order valence-electron chi connectivity index (χ3n) is 3.63. The molecule has 0 aliphatic carbocycles. The summed E-state index contributed by atoms with van der Waals surface area (Å²) in [5.74, 6) is 2.08. The van der Waals surface area contributed by atoms with E-state index in [1.807, 2.05) is 0 Å². The molecule has 1 aliphatic heterocycles. The third kappa shape index (κ3) is 2.68. The van der Waals surface area contributed by atoms with Crippen LogP contribution in [0.1, 0.15) is 27.2 Å². The van der Waals surface area contributed by atoms with Crippen LogP contribution >= 0.6 is 0 Å². The maximum Gasteiger partial charge on any atom is 0.0108 e. The van der Waals surface area contributed by atoms with Gasteiger partial charge >= 0.3 is 0 Å². The van der Waals surface area contributed by atoms with E-state index in [4.69, 9.17) is 5.73 Å². The lowest BCUT2D eigenvalue weighted by Crippen LogP contribution is -2.39. The van der Waals surface area contributed by atoms with E-state index in [-0.39, 0.29) is 0 Å². The van der Waals surface area contributed by atoms with Crippen LogP contribution in [0.5, 0.6) is 0 Å². The Labute approximate surface area is 82.5 Å². The molecule has 0 amide bonds. The fourth-order valence-corrected chi connectivity index (χ4v) is 2.16. The SMILES string of the molecule is CC(C)C(C)C(N)C1CCN(C)C1. The van der Waals surface area contributed by atoms with Crippen LogP contribution in [0.25, 0.3) is 0 Å². The van der Waals surface area contributed by atoms with Crippen LogP contribution in [-0.2, 0) is 0 Å². The first-order valence-electron chi connectivity index (χ1n) is 5.46. The Morgan fingerprint density at radius 2 is 1.92 bits per heavy atom. The van der Waals surface area contributed by atoms with Gasteiger partial charge in [-0.2, -0.15) is 0 Å². The van der Waals surface area contributed by atoms with E-state index < -0.39 is 0 Å². The Balaban J connectivity index is 2.43. The average molecular weight is 184 g/mol. The van der Waals surface area contributed by atoms with Gasteiger partial charge in [0.15, 0.2) is 0 Å². The highest BCUT2D eigenvalue weighted by molar-refractivity contribution is 4.85. The van der Waals surface area contributed by atoms with E-state index >= 15 is 0 Å². The molecule has 0 spiro atoms. The van der Waals surface area contributed by atoms with Crippen LogP contribution in [-0.4, -0.2) is 31.1 Å². The quantitative estimate of drug-likeness (QED) is 0.721. The van der Waals surface area contributed by atoms with E-state index in [1.54, 1.807) is 0 Å². The highest BCUT2D eigenvalue weighted by Gasteiger charge is 2.29. The Kier molecular flexibility index (Phi) is 3.74. The molecule has 0 saturated carbocycles. The summed E-state index contributed by atoms with van der Waals surface area (Å²) in [7, 11) is 2.19. The number of hydrogen-bond donors (Lipinski definition) is 1. The first-order valence-corrected chi connectivity index (χ1v) is 5.46. The lowest BCUT2D eigenvalue weighted by Gasteiger charge is -2.28. The average Bonchev–Trinajstić information content (AvgIpc) is 2.49. The summed E-state index contributed by atoms with van der Waals surface area (Å²) in [4.78, 5) is 2.39. The lowest BCUT2D eigenvalue weighted by molar-refractivity contribution is 0.264. The second kappa shape index (κ2) is 4.43. The minimum atomic E-state index is 0.393. The Bertz CT molecular complexity index is 156. The van der Waals surface area contributed by atoms with E-state index in [0.29, 0.717) is 17.9 Å². The molecule has 1 saturated heterocycles. The van der Waals surface area contributed by atoms with E-state index in [0.717, 1.165) is 5.92 Å². The molecular formula is C11H24N2. The van der Waals surface area contributed by atoms with Crippen molar-refractivity contribution in [3.63, 3.8) is 0 Å². The molecule has 13 heavy (non-hydrogen) atoms. The van der Waals surface area contributed by atoms with Crippen LogP contribution in [0.3, 0.4) is 0 Å². The van der Waals surface area contributed by atoms with Gasteiger partial charge in [-0.05, 0) is 37.8 Å².